The maximum atomic E-state index is 5.98. The van der Waals surface area contributed by atoms with E-state index in [1.807, 2.05) is 13.8 Å². The Hall–Kier alpha value is 0.0569. The first-order valence-corrected chi connectivity index (χ1v) is 9.26. The molecule has 0 atom stereocenters. The lowest BCUT2D eigenvalue weighted by Crippen LogP contribution is -2.71. The predicted octanol–water partition coefficient (Wildman–Crippen LogP) is 2.42. The van der Waals surface area contributed by atoms with E-state index in [0.29, 0.717) is 25.3 Å². The van der Waals surface area contributed by atoms with Crippen LogP contribution in [-0.2, 0) is 8.85 Å². The van der Waals surface area contributed by atoms with Gasteiger partial charge in [0, 0.05) is 25.3 Å². The molecule has 0 unspecified atom stereocenters. The molecular formula is C13H30N2O2Si. The zero-order valence-corrected chi connectivity index (χ0v) is 13.4. The Labute approximate surface area is 113 Å². The molecule has 4 nitrogen and oxygen atoms in total. The van der Waals surface area contributed by atoms with E-state index in [0.717, 1.165) is 0 Å². The van der Waals surface area contributed by atoms with Crippen molar-refractivity contribution in [2.24, 2.45) is 0 Å². The van der Waals surface area contributed by atoms with Crippen LogP contribution in [0.1, 0.15) is 59.8 Å². The van der Waals surface area contributed by atoms with Crippen LogP contribution >= 0.6 is 0 Å². The van der Waals surface area contributed by atoms with Crippen LogP contribution in [0.25, 0.3) is 0 Å². The summed E-state index contributed by atoms with van der Waals surface area (Å²) in [5.41, 5.74) is 0. The molecule has 18 heavy (non-hydrogen) atoms. The van der Waals surface area contributed by atoms with Crippen molar-refractivity contribution in [2.45, 2.75) is 71.9 Å². The molecule has 1 saturated carbocycles. The Bertz CT molecular complexity index is 215. The molecule has 0 radical (unpaired) electrons. The molecule has 0 aromatic rings. The van der Waals surface area contributed by atoms with E-state index in [9.17, 15) is 0 Å². The van der Waals surface area contributed by atoms with E-state index in [1.54, 1.807) is 0 Å². The highest BCUT2D eigenvalue weighted by Gasteiger charge is 2.41. The molecule has 0 saturated heterocycles. The highest BCUT2D eigenvalue weighted by Crippen LogP contribution is 2.19. The highest BCUT2D eigenvalue weighted by molar-refractivity contribution is 6.62. The second-order valence-electron chi connectivity index (χ2n) is 5.26. The third-order valence-electron chi connectivity index (χ3n) is 3.17. The first-order valence-electron chi connectivity index (χ1n) is 7.45. The van der Waals surface area contributed by atoms with Gasteiger partial charge in [0.15, 0.2) is 0 Å². The molecule has 1 fully saturated rings. The molecule has 0 amide bonds. The maximum Gasteiger partial charge on any atom is 0.517 e. The van der Waals surface area contributed by atoms with Gasteiger partial charge in [-0.3, -0.25) is 9.96 Å². The Morgan fingerprint density at radius 3 is 2.06 bits per heavy atom. The lowest BCUT2D eigenvalue weighted by atomic mass is 9.96. The average molecular weight is 274 g/mol. The van der Waals surface area contributed by atoms with Crippen LogP contribution in [0, 0.1) is 0 Å². The third-order valence-corrected chi connectivity index (χ3v) is 6.31. The summed E-state index contributed by atoms with van der Waals surface area (Å²) >= 11 is 0. The standard InChI is InChI=1S/C13H30N2O2Si/c1-5-16-18(17-6-2,14-12(3)4)15-13-10-8-7-9-11-13/h12-15H,5-11H2,1-4H3. The molecule has 0 spiro atoms. The van der Waals surface area contributed by atoms with Gasteiger partial charge in [-0.15, -0.1) is 0 Å². The summed E-state index contributed by atoms with van der Waals surface area (Å²) in [5.74, 6) is 0. The monoisotopic (exact) mass is 274 g/mol. The summed E-state index contributed by atoms with van der Waals surface area (Å²) in [4.78, 5) is 7.21. The van der Waals surface area contributed by atoms with Crippen LogP contribution in [0.2, 0.25) is 0 Å². The Morgan fingerprint density at radius 2 is 1.61 bits per heavy atom. The number of hydrogen-bond acceptors (Lipinski definition) is 4. The fourth-order valence-corrected chi connectivity index (χ4v) is 5.45. The molecule has 108 valence electrons. The van der Waals surface area contributed by atoms with Crippen molar-refractivity contribution in [2.75, 3.05) is 13.2 Å². The van der Waals surface area contributed by atoms with Crippen LogP contribution in [0.15, 0.2) is 0 Å². The molecule has 0 aromatic carbocycles. The minimum atomic E-state index is -2.45. The van der Waals surface area contributed by atoms with Crippen LogP contribution in [-0.4, -0.2) is 34.2 Å². The quantitative estimate of drug-likeness (QED) is 0.667. The van der Waals surface area contributed by atoms with Gasteiger partial charge in [0.25, 0.3) is 0 Å². The second kappa shape index (κ2) is 8.27. The summed E-state index contributed by atoms with van der Waals surface area (Å²) < 4.78 is 12.0. The number of rotatable bonds is 8. The Morgan fingerprint density at radius 1 is 1.06 bits per heavy atom. The fourth-order valence-electron chi connectivity index (χ4n) is 2.55. The molecule has 0 heterocycles. The summed E-state index contributed by atoms with van der Waals surface area (Å²) in [5, 5.41) is 0. The van der Waals surface area contributed by atoms with Gasteiger partial charge in [0.05, 0.1) is 0 Å². The van der Waals surface area contributed by atoms with E-state index in [4.69, 9.17) is 8.85 Å². The van der Waals surface area contributed by atoms with Crippen LogP contribution in [0.3, 0.4) is 0 Å². The Balaban J connectivity index is 2.65. The van der Waals surface area contributed by atoms with E-state index in [1.165, 1.54) is 32.1 Å². The summed E-state index contributed by atoms with van der Waals surface area (Å²) in [6.07, 6.45) is 6.50. The summed E-state index contributed by atoms with van der Waals surface area (Å²) in [7, 11) is -2.45. The molecule has 1 aliphatic rings. The maximum absolute atomic E-state index is 5.98. The van der Waals surface area contributed by atoms with E-state index in [2.05, 4.69) is 23.8 Å². The van der Waals surface area contributed by atoms with Crippen LogP contribution in [0.4, 0.5) is 0 Å². The van der Waals surface area contributed by atoms with E-state index >= 15 is 0 Å². The minimum Gasteiger partial charge on any atom is -0.371 e. The van der Waals surface area contributed by atoms with Crippen molar-refractivity contribution < 1.29 is 8.85 Å². The van der Waals surface area contributed by atoms with Crippen molar-refractivity contribution >= 4 is 8.88 Å². The van der Waals surface area contributed by atoms with Gasteiger partial charge in [0.1, 0.15) is 0 Å². The Kier molecular flexibility index (Phi) is 7.40. The first kappa shape index (κ1) is 16.1. The lowest BCUT2D eigenvalue weighted by Gasteiger charge is -2.36. The van der Waals surface area contributed by atoms with Crippen molar-refractivity contribution in [3.63, 3.8) is 0 Å². The fraction of sp³-hybridized carbons (Fsp3) is 1.00. The number of hydrogen-bond donors (Lipinski definition) is 2. The van der Waals surface area contributed by atoms with Crippen LogP contribution < -0.4 is 9.96 Å². The first-order chi connectivity index (χ1) is 8.62. The van der Waals surface area contributed by atoms with Crippen molar-refractivity contribution in [1.82, 2.24) is 9.96 Å². The zero-order valence-electron chi connectivity index (χ0n) is 12.4. The van der Waals surface area contributed by atoms with Crippen molar-refractivity contribution in [3.05, 3.63) is 0 Å². The SMILES string of the molecule is CCO[Si](NC(C)C)(NC1CCCCC1)OCC. The highest BCUT2D eigenvalue weighted by atomic mass is 28.4. The predicted molar refractivity (Wildman–Crippen MR) is 77.3 cm³/mol. The third kappa shape index (κ3) is 5.36. The van der Waals surface area contributed by atoms with Gasteiger partial charge < -0.3 is 8.85 Å². The van der Waals surface area contributed by atoms with Gasteiger partial charge >= 0.3 is 8.88 Å². The molecule has 2 N–H and O–H groups in total. The van der Waals surface area contributed by atoms with Gasteiger partial charge in [0.2, 0.25) is 0 Å². The van der Waals surface area contributed by atoms with E-state index < -0.39 is 8.88 Å². The molecule has 1 rings (SSSR count). The summed E-state index contributed by atoms with van der Waals surface area (Å²) in [6.45, 7) is 9.72. The topological polar surface area (TPSA) is 42.5 Å². The minimum absolute atomic E-state index is 0.367. The van der Waals surface area contributed by atoms with Gasteiger partial charge in [-0.2, -0.15) is 0 Å². The van der Waals surface area contributed by atoms with Gasteiger partial charge in [-0.05, 0) is 26.7 Å². The van der Waals surface area contributed by atoms with Crippen molar-refractivity contribution in [1.29, 1.82) is 0 Å². The molecule has 0 bridgehead atoms. The second-order valence-corrected chi connectivity index (χ2v) is 7.65. The smallest absolute Gasteiger partial charge is 0.371 e. The molecule has 0 aromatic heterocycles. The lowest BCUT2D eigenvalue weighted by molar-refractivity contribution is 0.147. The molecule has 0 aliphatic heterocycles. The van der Waals surface area contributed by atoms with E-state index in [-0.39, 0.29) is 0 Å². The summed E-state index contributed by atoms with van der Waals surface area (Å²) in [6, 6.07) is 0.917. The molecule has 5 heteroatoms. The van der Waals surface area contributed by atoms with Gasteiger partial charge in [-0.1, -0.05) is 33.1 Å². The van der Waals surface area contributed by atoms with Gasteiger partial charge in [-0.25, -0.2) is 0 Å². The normalized spacial score (nSPS) is 18.5. The number of nitrogens with one attached hydrogen (secondary N) is 2. The molecule has 1 aliphatic carbocycles. The zero-order chi connectivity index (χ0) is 13.4. The molecular weight excluding hydrogens is 244 g/mol. The van der Waals surface area contributed by atoms with Crippen LogP contribution in [0.5, 0.6) is 0 Å². The average Bonchev–Trinajstić information content (AvgIpc) is 2.29. The van der Waals surface area contributed by atoms with Crippen molar-refractivity contribution in [3.8, 4) is 0 Å². The largest absolute Gasteiger partial charge is 0.517 e.